The minimum atomic E-state index is 0.233. The Kier molecular flexibility index (Phi) is 2.52. The molecule has 0 atom stereocenters. The van der Waals surface area contributed by atoms with Crippen LogP contribution in [0.4, 0.5) is 0 Å². The minimum Gasteiger partial charge on any atom is -0.325 e. The monoisotopic (exact) mass is 208 g/mol. The molecule has 3 aliphatic rings. The van der Waals surface area contributed by atoms with E-state index in [2.05, 4.69) is 4.90 Å². The van der Waals surface area contributed by atoms with Gasteiger partial charge in [-0.2, -0.15) is 0 Å². The highest BCUT2D eigenvalue weighted by Gasteiger charge is 2.37. The van der Waals surface area contributed by atoms with Crippen LogP contribution >= 0.6 is 0 Å². The van der Waals surface area contributed by atoms with E-state index in [-0.39, 0.29) is 5.54 Å². The van der Waals surface area contributed by atoms with Gasteiger partial charge in [0.25, 0.3) is 0 Å². The standard InChI is InChI=1S/C13H24N2/c14-13(6-1-7-13)8-9-15(12-4-5-12)10-11-2-3-11/h11-12H,1-10,14H2. The van der Waals surface area contributed by atoms with Gasteiger partial charge in [-0.3, -0.25) is 0 Å². The molecule has 0 heterocycles. The van der Waals surface area contributed by atoms with Crippen molar-refractivity contribution in [2.24, 2.45) is 11.7 Å². The van der Waals surface area contributed by atoms with Gasteiger partial charge in [-0.25, -0.2) is 0 Å². The van der Waals surface area contributed by atoms with E-state index in [9.17, 15) is 0 Å². The first-order valence-electron chi connectivity index (χ1n) is 6.78. The molecular formula is C13H24N2. The zero-order valence-electron chi connectivity index (χ0n) is 9.75. The summed E-state index contributed by atoms with van der Waals surface area (Å²) in [5.41, 5.74) is 6.52. The molecular weight excluding hydrogens is 184 g/mol. The Morgan fingerprint density at radius 2 is 1.87 bits per heavy atom. The number of rotatable bonds is 6. The number of hydrogen-bond donors (Lipinski definition) is 1. The maximum Gasteiger partial charge on any atom is 0.0166 e. The first-order valence-corrected chi connectivity index (χ1v) is 6.78. The Balaban J connectivity index is 1.45. The fraction of sp³-hybridized carbons (Fsp3) is 1.00. The summed E-state index contributed by atoms with van der Waals surface area (Å²) in [6.07, 6.45) is 11.0. The van der Waals surface area contributed by atoms with Crippen molar-refractivity contribution in [1.82, 2.24) is 4.90 Å². The smallest absolute Gasteiger partial charge is 0.0166 e. The molecule has 0 saturated heterocycles. The first kappa shape index (κ1) is 10.1. The van der Waals surface area contributed by atoms with Crippen molar-refractivity contribution in [3.05, 3.63) is 0 Å². The summed E-state index contributed by atoms with van der Waals surface area (Å²) < 4.78 is 0. The van der Waals surface area contributed by atoms with E-state index in [1.54, 1.807) is 0 Å². The fourth-order valence-electron chi connectivity index (χ4n) is 2.74. The van der Waals surface area contributed by atoms with Gasteiger partial charge in [-0.1, -0.05) is 0 Å². The van der Waals surface area contributed by atoms with Gasteiger partial charge in [0.2, 0.25) is 0 Å². The summed E-state index contributed by atoms with van der Waals surface area (Å²) >= 11 is 0. The van der Waals surface area contributed by atoms with Crippen molar-refractivity contribution in [3.63, 3.8) is 0 Å². The molecule has 86 valence electrons. The zero-order valence-corrected chi connectivity index (χ0v) is 9.75. The fourth-order valence-corrected chi connectivity index (χ4v) is 2.74. The summed E-state index contributed by atoms with van der Waals surface area (Å²) in [5, 5.41) is 0. The maximum atomic E-state index is 6.29. The van der Waals surface area contributed by atoms with Crippen LogP contribution in [0.25, 0.3) is 0 Å². The van der Waals surface area contributed by atoms with Gasteiger partial charge < -0.3 is 10.6 Å². The lowest BCUT2D eigenvalue weighted by molar-refractivity contribution is 0.172. The lowest BCUT2D eigenvalue weighted by Crippen LogP contribution is -2.49. The molecule has 0 aromatic carbocycles. The van der Waals surface area contributed by atoms with Crippen molar-refractivity contribution in [3.8, 4) is 0 Å². The van der Waals surface area contributed by atoms with Crippen molar-refractivity contribution >= 4 is 0 Å². The molecule has 0 radical (unpaired) electrons. The third kappa shape index (κ3) is 2.54. The summed E-state index contributed by atoms with van der Waals surface area (Å²) in [4.78, 5) is 2.74. The number of nitrogens with zero attached hydrogens (tertiary/aromatic N) is 1. The summed E-state index contributed by atoms with van der Waals surface area (Å²) in [6, 6.07) is 0.939. The third-order valence-corrected chi connectivity index (χ3v) is 4.50. The van der Waals surface area contributed by atoms with Crippen LogP contribution in [0.1, 0.15) is 51.4 Å². The molecule has 2 nitrogen and oxygen atoms in total. The van der Waals surface area contributed by atoms with Gasteiger partial charge >= 0.3 is 0 Å². The van der Waals surface area contributed by atoms with Crippen LogP contribution in [0.15, 0.2) is 0 Å². The molecule has 3 rings (SSSR count). The topological polar surface area (TPSA) is 29.3 Å². The first-order chi connectivity index (χ1) is 7.25. The van der Waals surface area contributed by atoms with Gasteiger partial charge in [-0.05, 0) is 57.3 Å². The average molecular weight is 208 g/mol. The van der Waals surface area contributed by atoms with Crippen LogP contribution in [0.3, 0.4) is 0 Å². The predicted octanol–water partition coefficient (Wildman–Crippen LogP) is 2.13. The van der Waals surface area contributed by atoms with Crippen molar-refractivity contribution in [2.75, 3.05) is 13.1 Å². The minimum absolute atomic E-state index is 0.233. The number of nitrogens with two attached hydrogens (primary N) is 1. The molecule has 2 heteroatoms. The molecule has 3 aliphatic carbocycles. The molecule has 3 fully saturated rings. The van der Waals surface area contributed by atoms with E-state index in [1.165, 1.54) is 64.5 Å². The molecule has 0 spiro atoms. The molecule has 2 N–H and O–H groups in total. The van der Waals surface area contributed by atoms with Crippen LogP contribution in [0, 0.1) is 5.92 Å². The van der Waals surface area contributed by atoms with Gasteiger partial charge in [0.1, 0.15) is 0 Å². The van der Waals surface area contributed by atoms with Crippen molar-refractivity contribution in [1.29, 1.82) is 0 Å². The molecule has 0 bridgehead atoms. The Morgan fingerprint density at radius 1 is 1.13 bits per heavy atom. The Morgan fingerprint density at radius 3 is 2.33 bits per heavy atom. The van der Waals surface area contributed by atoms with Crippen LogP contribution in [-0.2, 0) is 0 Å². The summed E-state index contributed by atoms with van der Waals surface area (Å²) in [7, 11) is 0. The second kappa shape index (κ2) is 3.74. The Bertz CT molecular complexity index is 227. The van der Waals surface area contributed by atoms with E-state index in [0.717, 1.165) is 12.0 Å². The predicted molar refractivity (Wildman–Crippen MR) is 62.7 cm³/mol. The number of hydrogen-bond acceptors (Lipinski definition) is 2. The second-order valence-corrected chi connectivity index (χ2v) is 6.14. The highest BCUT2D eigenvalue weighted by Crippen LogP contribution is 2.37. The van der Waals surface area contributed by atoms with E-state index in [1.807, 2.05) is 0 Å². The van der Waals surface area contributed by atoms with Crippen LogP contribution in [-0.4, -0.2) is 29.6 Å². The van der Waals surface area contributed by atoms with Gasteiger partial charge in [0.15, 0.2) is 0 Å². The maximum absolute atomic E-state index is 6.29. The van der Waals surface area contributed by atoms with Gasteiger partial charge in [-0.15, -0.1) is 0 Å². The Labute approximate surface area is 93.2 Å². The van der Waals surface area contributed by atoms with Crippen LogP contribution in [0.5, 0.6) is 0 Å². The van der Waals surface area contributed by atoms with E-state index < -0.39 is 0 Å². The summed E-state index contributed by atoms with van der Waals surface area (Å²) in [5.74, 6) is 1.04. The largest absolute Gasteiger partial charge is 0.325 e. The lowest BCUT2D eigenvalue weighted by Gasteiger charge is -2.39. The van der Waals surface area contributed by atoms with Crippen molar-refractivity contribution < 1.29 is 0 Å². The van der Waals surface area contributed by atoms with Gasteiger partial charge in [0, 0.05) is 24.7 Å². The van der Waals surface area contributed by atoms with Crippen molar-refractivity contribution in [2.45, 2.75) is 62.9 Å². The molecule has 0 amide bonds. The SMILES string of the molecule is NC1(CCN(CC2CC2)C2CC2)CCC1. The van der Waals surface area contributed by atoms with E-state index in [0.29, 0.717) is 0 Å². The Hall–Kier alpha value is -0.0800. The molecule has 0 aromatic rings. The zero-order chi connectivity index (χ0) is 10.3. The molecule has 0 aliphatic heterocycles. The van der Waals surface area contributed by atoms with Crippen LogP contribution < -0.4 is 5.73 Å². The van der Waals surface area contributed by atoms with Crippen LogP contribution in [0.2, 0.25) is 0 Å². The third-order valence-electron chi connectivity index (χ3n) is 4.50. The second-order valence-electron chi connectivity index (χ2n) is 6.14. The highest BCUT2D eigenvalue weighted by atomic mass is 15.2. The quantitative estimate of drug-likeness (QED) is 0.724. The lowest BCUT2D eigenvalue weighted by atomic mass is 9.75. The molecule has 3 saturated carbocycles. The normalized spacial score (nSPS) is 29.2. The molecule has 0 unspecified atom stereocenters. The highest BCUT2D eigenvalue weighted by molar-refractivity contribution is 4.95. The van der Waals surface area contributed by atoms with Gasteiger partial charge in [0.05, 0.1) is 0 Å². The van der Waals surface area contributed by atoms with E-state index in [4.69, 9.17) is 5.73 Å². The molecule has 15 heavy (non-hydrogen) atoms. The van der Waals surface area contributed by atoms with E-state index >= 15 is 0 Å². The summed E-state index contributed by atoms with van der Waals surface area (Å²) in [6.45, 7) is 2.65. The molecule has 0 aromatic heterocycles. The average Bonchev–Trinajstić information content (AvgIpc) is 2.99.